The minimum absolute atomic E-state index is 0.107. The Morgan fingerprint density at radius 1 is 1.11 bits per heavy atom. The summed E-state index contributed by atoms with van der Waals surface area (Å²) >= 11 is 7.66. The van der Waals surface area contributed by atoms with Crippen molar-refractivity contribution in [3.8, 4) is 11.1 Å². The summed E-state index contributed by atoms with van der Waals surface area (Å²) in [5.41, 5.74) is 5.04. The zero-order valence-corrected chi connectivity index (χ0v) is 21.0. The van der Waals surface area contributed by atoms with Crippen LogP contribution >= 0.6 is 35.3 Å². The molecule has 2 heterocycles. The Balaban J connectivity index is 1.38. The molecule has 2 amide bonds. The van der Waals surface area contributed by atoms with E-state index in [1.165, 1.54) is 35.6 Å². The van der Waals surface area contributed by atoms with E-state index in [4.69, 9.17) is 17.3 Å². The number of carbonyl (C=O) groups excluding carboxylic acids is 2. The number of carbonyl (C=O) groups is 3. The van der Waals surface area contributed by atoms with E-state index >= 15 is 0 Å². The maximum Gasteiger partial charge on any atom is 0.335 e. The van der Waals surface area contributed by atoms with Crippen molar-refractivity contribution in [1.82, 2.24) is 10.4 Å². The Bertz CT molecular complexity index is 1440. The maximum absolute atomic E-state index is 13.5. The molecule has 36 heavy (non-hydrogen) atoms. The number of nitrogens with zero attached hydrogens (tertiary/aromatic N) is 1. The Hall–Kier alpha value is -3.45. The average molecular weight is 546 g/mol. The van der Waals surface area contributed by atoms with E-state index < -0.39 is 29.4 Å². The van der Waals surface area contributed by atoms with E-state index in [1.807, 2.05) is 0 Å². The van der Waals surface area contributed by atoms with Gasteiger partial charge in [0, 0.05) is 10.6 Å². The fourth-order valence-electron chi connectivity index (χ4n) is 3.27. The van der Waals surface area contributed by atoms with Gasteiger partial charge in [-0.15, -0.1) is 11.3 Å². The number of amides is 2. The third kappa shape index (κ3) is 5.68. The second-order valence-corrected chi connectivity index (χ2v) is 10.2. The fraction of sp³-hybridized carbons (Fsp3) is 0.0833. The SMILES string of the molecule is Cc1cc(C(=O)O)ccc1NC(=O)CNN1C(=O)/C(=C/c2cc(-c3ccc(F)c(F)c3)cs2)SC1=S. The molecule has 3 N–H and O–H groups in total. The first-order chi connectivity index (χ1) is 17.1. The van der Waals surface area contributed by atoms with Crippen LogP contribution in [0.3, 0.4) is 0 Å². The number of halogens is 2. The van der Waals surface area contributed by atoms with E-state index in [1.54, 1.807) is 24.4 Å². The molecule has 1 aliphatic rings. The van der Waals surface area contributed by atoms with Gasteiger partial charge >= 0.3 is 5.97 Å². The lowest BCUT2D eigenvalue weighted by Gasteiger charge is -2.16. The number of hydrogen-bond donors (Lipinski definition) is 3. The number of anilines is 1. The van der Waals surface area contributed by atoms with Gasteiger partial charge < -0.3 is 10.4 Å². The molecular formula is C24H17F2N3O4S3. The first-order valence-electron chi connectivity index (χ1n) is 10.3. The van der Waals surface area contributed by atoms with Crippen LogP contribution in [0.1, 0.15) is 20.8 Å². The maximum atomic E-state index is 13.5. The van der Waals surface area contributed by atoms with Crippen LogP contribution in [0.5, 0.6) is 0 Å². The zero-order valence-electron chi connectivity index (χ0n) is 18.5. The normalized spacial score (nSPS) is 14.5. The lowest BCUT2D eigenvalue weighted by atomic mass is 10.1. The average Bonchev–Trinajstić information content (AvgIpc) is 3.40. The topological polar surface area (TPSA) is 98.7 Å². The van der Waals surface area contributed by atoms with Crippen molar-refractivity contribution >= 4 is 69.2 Å². The van der Waals surface area contributed by atoms with Crippen LogP contribution in [0.25, 0.3) is 17.2 Å². The van der Waals surface area contributed by atoms with E-state index in [2.05, 4.69) is 10.7 Å². The highest BCUT2D eigenvalue weighted by atomic mass is 32.2. The highest BCUT2D eigenvalue weighted by Gasteiger charge is 2.32. The van der Waals surface area contributed by atoms with Gasteiger partial charge in [-0.05, 0) is 71.5 Å². The molecule has 0 spiro atoms. The summed E-state index contributed by atoms with van der Waals surface area (Å²) in [4.78, 5) is 37.3. The van der Waals surface area contributed by atoms with Crippen molar-refractivity contribution in [1.29, 1.82) is 0 Å². The van der Waals surface area contributed by atoms with Crippen LogP contribution in [0.15, 0.2) is 52.7 Å². The number of nitrogens with one attached hydrogen (secondary N) is 2. The molecule has 0 radical (unpaired) electrons. The summed E-state index contributed by atoms with van der Waals surface area (Å²) in [5, 5.41) is 14.6. The lowest BCUT2D eigenvalue weighted by molar-refractivity contribution is -0.124. The molecule has 184 valence electrons. The molecule has 4 rings (SSSR count). The second-order valence-electron chi connectivity index (χ2n) is 7.60. The van der Waals surface area contributed by atoms with Crippen molar-refractivity contribution in [2.45, 2.75) is 6.92 Å². The molecule has 12 heteroatoms. The molecule has 0 saturated carbocycles. The van der Waals surface area contributed by atoms with Gasteiger partial charge in [0.2, 0.25) is 5.91 Å². The van der Waals surface area contributed by atoms with Gasteiger partial charge in [-0.1, -0.05) is 30.0 Å². The van der Waals surface area contributed by atoms with Crippen LogP contribution in [0, 0.1) is 18.6 Å². The van der Waals surface area contributed by atoms with Gasteiger partial charge in [0.15, 0.2) is 16.0 Å². The summed E-state index contributed by atoms with van der Waals surface area (Å²) in [5.74, 6) is -3.81. The molecule has 1 saturated heterocycles. The number of aryl methyl sites for hydroxylation is 1. The van der Waals surface area contributed by atoms with Gasteiger partial charge in [-0.3, -0.25) is 9.59 Å². The summed E-state index contributed by atoms with van der Waals surface area (Å²) in [6.45, 7) is 1.42. The number of hydrogen-bond acceptors (Lipinski definition) is 7. The largest absolute Gasteiger partial charge is 0.478 e. The molecule has 1 aromatic heterocycles. The summed E-state index contributed by atoms with van der Waals surface area (Å²) in [7, 11) is 0. The number of aromatic carboxylic acids is 1. The number of thioether (sulfide) groups is 1. The molecule has 0 atom stereocenters. The van der Waals surface area contributed by atoms with Crippen LogP contribution < -0.4 is 10.7 Å². The van der Waals surface area contributed by atoms with Crippen molar-refractivity contribution in [3.63, 3.8) is 0 Å². The standard InChI is InChI=1S/C24H17F2N3O4S3/c1-12-6-14(23(32)33)3-5-19(12)28-21(30)10-27-29-22(31)20(36-24(29)34)9-16-7-15(11-35-16)13-2-4-17(25)18(26)8-13/h2-9,11,27H,10H2,1H3,(H,28,30)(H,32,33)/b20-9-. The predicted octanol–water partition coefficient (Wildman–Crippen LogP) is 5.04. The monoisotopic (exact) mass is 545 g/mol. The highest BCUT2D eigenvalue weighted by Crippen LogP contribution is 2.34. The molecule has 1 aliphatic heterocycles. The Morgan fingerprint density at radius 3 is 2.58 bits per heavy atom. The lowest BCUT2D eigenvalue weighted by Crippen LogP contribution is -2.45. The van der Waals surface area contributed by atoms with Crippen LogP contribution in [0.4, 0.5) is 14.5 Å². The fourth-order valence-corrected chi connectivity index (χ4v) is 5.40. The van der Waals surface area contributed by atoms with Crippen molar-refractivity contribution in [2.75, 3.05) is 11.9 Å². The van der Waals surface area contributed by atoms with Crippen LogP contribution in [-0.2, 0) is 9.59 Å². The molecule has 0 bridgehead atoms. The van der Waals surface area contributed by atoms with E-state index in [0.717, 1.165) is 28.9 Å². The van der Waals surface area contributed by atoms with Crippen molar-refractivity contribution in [3.05, 3.63) is 80.4 Å². The van der Waals surface area contributed by atoms with E-state index in [-0.39, 0.29) is 16.4 Å². The number of carboxylic acid groups (broad SMARTS) is 1. The van der Waals surface area contributed by atoms with E-state index in [0.29, 0.717) is 32.2 Å². The van der Waals surface area contributed by atoms with Gasteiger partial charge in [-0.2, -0.15) is 0 Å². The summed E-state index contributed by atoms with van der Waals surface area (Å²) < 4.78 is 27.0. The number of rotatable bonds is 7. The molecule has 3 aromatic rings. The molecule has 0 unspecified atom stereocenters. The number of hydrazine groups is 1. The molecule has 1 fully saturated rings. The minimum atomic E-state index is -1.07. The Labute approximate surface area is 217 Å². The molecule has 0 aliphatic carbocycles. The number of carboxylic acids is 1. The van der Waals surface area contributed by atoms with Gasteiger partial charge in [-0.25, -0.2) is 24.0 Å². The summed E-state index contributed by atoms with van der Waals surface area (Å²) in [6, 6.07) is 9.71. The Morgan fingerprint density at radius 2 is 1.89 bits per heavy atom. The number of thiocarbonyl (C=S) groups is 1. The smallest absolute Gasteiger partial charge is 0.335 e. The Kier molecular flexibility index (Phi) is 7.59. The first kappa shape index (κ1) is 25.6. The van der Waals surface area contributed by atoms with Crippen LogP contribution in [0.2, 0.25) is 0 Å². The third-order valence-electron chi connectivity index (χ3n) is 5.08. The zero-order chi connectivity index (χ0) is 26.0. The minimum Gasteiger partial charge on any atom is -0.478 e. The predicted molar refractivity (Wildman–Crippen MR) is 139 cm³/mol. The van der Waals surface area contributed by atoms with E-state index in [9.17, 15) is 23.2 Å². The molecule has 2 aromatic carbocycles. The quantitative estimate of drug-likeness (QED) is 0.283. The first-order valence-corrected chi connectivity index (χ1v) is 12.4. The van der Waals surface area contributed by atoms with Crippen molar-refractivity contribution in [2.24, 2.45) is 0 Å². The molecular weight excluding hydrogens is 528 g/mol. The van der Waals surface area contributed by atoms with Gasteiger partial charge in [0.1, 0.15) is 0 Å². The van der Waals surface area contributed by atoms with Crippen LogP contribution in [-0.4, -0.2) is 38.8 Å². The third-order valence-corrected chi connectivity index (χ3v) is 7.27. The highest BCUT2D eigenvalue weighted by molar-refractivity contribution is 8.26. The number of thiophene rings is 1. The van der Waals surface area contributed by atoms with Gasteiger partial charge in [0.05, 0.1) is 17.0 Å². The summed E-state index contributed by atoms with van der Waals surface area (Å²) in [6.07, 6.45) is 1.64. The van der Waals surface area contributed by atoms with Crippen molar-refractivity contribution < 1.29 is 28.3 Å². The number of benzene rings is 2. The second kappa shape index (κ2) is 10.7. The molecule has 7 nitrogen and oxygen atoms in total. The van der Waals surface area contributed by atoms with Gasteiger partial charge in [0.25, 0.3) is 5.91 Å².